The Bertz CT molecular complexity index is 1030. The molecule has 0 aliphatic carbocycles. The Kier molecular flexibility index (Phi) is 4.94. The Morgan fingerprint density at radius 2 is 2.04 bits per heavy atom. The molecule has 0 spiro atoms. The first-order valence-corrected chi connectivity index (χ1v) is 9.49. The van der Waals surface area contributed by atoms with Crippen molar-refractivity contribution in [3.63, 3.8) is 0 Å². The zero-order valence-corrected chi connectivity index (χ0v) is 15.6. The second kappa shape index (κ2) is 7.52. The highest BCUT2D eigenvalue weighted by Crippen LogP contribution is 2.20. The molecule has 1 aliphatic rings. The first-order valence-electron chi connectivity index (χ1n) is 9.49. The summed E-state index contributed by atoms with van der Waals surface area (Å²) in [5.74, 6) is -0.0152. The van der Waals surface area contributed by atoms with Gasteiger partial charge in [0.15, 0.2) is 0 Å². The van der Waals surface area contributed by atoms with E-state index in [2.05, 4.69) is 4.98 Å². The van der Waals surface area contributed by atoms with E-state index in [0.29, 0.717) is 35.5 Å². The Labute approximate surface area is 157 Å². The Hall–Kier alpha value is -2.67. The van der Waals surface area contributed by atoms with Gasteiger partial charge in [0.2, 0.25) is 0 Å². The number of likely N-dealkylation sites (tertiary alicyclic amines) is 1. The molecule has 0 unspecified atom stereocenters. The molecule has 0 radical (unpaired) electrons. The maximum atomic E-state index is 13.2. The van der Waals surface area contributed by atoms with Crippen molar-refractivity contribution >= 4 is 22.6 Å². The summed E-state index contributed by atoms with van der Waals surface area (Å²) in [6.45, 7) is 2.71. The number of pyridine rings is 1. The summed E-state index contributed by atoms with van der Waals surface area (Å²) in [4.78, 5) is 32.7. The number of hydrogen-bond acceptors (Lipinski definition) is 4. The van der Waals surface area contributed by atoms with Crippen LogP contribution >= 0.6 is 0 Å². The molecule has 0 bridgehead atoms. The quantitative estimate of drug-likeness (QED) is 0.648. The smallest absolute Gasteiger partial charge is 0.270 e. The van der Waals surface area contributed by atoms with Gasteiger partial charge in [0, 0.05) is 39.5 Å². The number of carbonyl (C=O) groups excluding carboxylic acids is 1. The van der Waals surface area contributed by atoms with Gasteiger partial charge in [0.25, 0.3) is 11.5 Å². The maximum absolute atomic E-state index is 13.2. The van der Waals surface area contributed by atoms with Crippen LogP contribution in [0.15, 0.2) is 35.3 Å². The molecule has 1 amide bonds. The van der Waals surface area contributed by atoms with Crippen molar-refractivity contribution in [2.24, 2.45) is 0 Å². The van der Waals surface area contributed by atoms with E-state index in [1.807, 2.05) is 15.5 Å². The minimum absolute atomic E-state index is 0.0152. The van der Waals surface area contributed by atoms with Gasteiger partial charge in [0.05, 0.1) is 5.39 Å². The third kappa shape index (κ3) is 3.23. The predicted molar refractivity (Wildman–Crippen MR) is 103 cm³/mol. The van der Waals surface area contributed by atoms with Crippen LogP contribution < -0.4 is 5.56 Å². The van der Waals surface area contributed by atoms with Gasteiger partial charge < -0.3 is 14.2 Å². The normalized spacial score (nSPS) is 14.9. The van der Waals surface area contributed by atoms with Gasteiger partial charge in [-0.1, -0.05) is 6.07 Å². The van der Waals surface area contributed by atoms with Crippen LogP contribution in [0.4, 0.5) is 0 Å². The van der Waals surface area contributed by atoms with E-state index in [1.54, 1.807) is 31.5 Å². The third-order valence-electron chi connectivity index (χ3n) is 5.17. The fourth-order valence-electron chi connectivity index (χ4n) is 3.78. The molecule has 0 saturated carbocycles. The van der Waals surface area contributed by atoms with Crippen molar-refractivity contribution in [3.05, 3.63) is 46.5 Å². The Morgan fingerprint density at radius 1 is 1.22 bits per heavy atom. The van der Waals surface area contributed by atoms with Crippen LogP contribution in [0.1, 0.15) is 36.2 Å². The molecule has 7 heteroatoms. The summed E-state index contributed by atoms with van der Waals surface area (Å²) in [5.41, 5.74) is 1.55. The number of ether oxygens (including phenoxy) is 1. The molecular weight excluding hydrogens is 344 g/mol. The zero-order chi connectivity index (χ0) is 18.8. The molecule has 27 heavy (non-hydrogen) atoms. The van der Waals surface area contributed by atoms with Gasteiger partial charge in [-0.2, -0.15) is 0 Å². The molecule has 3 aromatic rings. The van der Waals surface area contributed by atoms with E-state index in [1.165, 1.54) is 4.40 Å². The number of piperidine rings is 1. The highest BCUT2D eigenvalue weighted by Gasteiger charge is 2.24. The van der Waals surface area contributed by atoms with Gasteiger partial charge in [-0.15, -0.1) is 0 Å². The number of carbonyl (C=O) groups is 1. The average molecular weight is 368 g/mol. The Balaban J connectivity index is 1.86. The number of aromatic nitrogens is 3. The first kappa shape index (κ1) is 17.7. The van der Waals surface area contributed by atoms with Crippen LogP contribution in [0, 0.1) is 0 Å². The summed E-state index contributed by atoms with van der Waals surface area (Å²) in [6.07, 6.45) is 5.67. The van der Waals surface area contributed by atoms with E-state index < -0.39 is 0 Å². The summed E-state index contributed by atoms with van der Waals surface area (Å²) in [6, 6.07) is 7.18. The number of nitrogens with zero attached hydrogens (tertiary/aromatic N) is 4. The van der Waals surface area contributed by atoms with E-state index >= 15 is 0 Å². The third-order valence-corrected chi connectivity index (χ3v) is 5.17. The molecule has 0 aromatic carbocycles. The molecule has 4 heterocycles. The molecule has 3 aromatic heterocycles. The van der Waals surface area contributed by atoms with Crippen molar-refractivity contribution in [1.82, 2.24) is 18.9 Å². The van der Waals surface area contributed by atoms with E-state index in [-0.39, 0.29) is 11.5 Å². The van der Waals surface area contributed by atoms with Gasteiger partial charge in [-0.3, -0.25) is 14.0 Å². The number of methoxy groups -OCH3 is 1. The topological polar surface area (TPSA) is 68.8 Å². The molecule has 7 nitrogen and oxygen atoms in total. The Morgan fingerprint density at radius 3 is 2.81 bits per heavy atom. The monoisotopic (exact) mass is 368 g/mol. The lowest BCUT2D eigenvalue weighted by Gasteiger charge is -2.27. The fourth-order valence-corrected chi connectivity index (χ4v) is 3.78. The van der Waals surface area contributed by atoms with Crippen molar-refractivity contribution in [3.8, 4) is 0 Å². The van der Waals surface area contributed by atoms with Gasteiger partial charge in [-0.25, -0.2) is 4.98 Å². The minimum atomic E-state index is -0.145. The van der Waals surface area contributed by atoms with Crippen LogP contribution in [0.5, 0.6) is 0 Å². The molecule has 1 fully saturated rings. The molecule has 1 saturated heterocycles. The van der Waals surface area contributed by atoms with Crippen LogP contribution in [0.3, 0.4) is 0 Å². The van der Waals surface area contributed by atoms with E-state index in [4.69, 9.17) is 4.74 Å². The maximum Gasteiger partial charge on any atom is 0.270 e. The molecule has 1 aliphatic heterocycles. The van der Waals surface area contributed by atoms with Crippen LogP contribution in [0.2, 0.25) is 0 Å². The predicted octanol–water partition coefficient (Wildman–Crippen LogP) is 2.31. The highest BCUT2D eigenvalue weighted by atomic mass is 16.5. The fraction of sp³-hybridized carbons (Fsp3) is 0.450. The number of rotatable bonds is 5. The summed E-state index contributed by atoms with van der Waals surface area (Å²) in [7, 11) is 1.66. The number of hydrogen-bond donors (Lipinski definition) is 0. The zero-order valence-electron chi connectivity index (χ0n) is 15.6. The first-order chi connectivity index (χ1) is 13.2. The molecule has 0 atom stereocenters. The molecule has 4 rings (SSSR count). The summed E-state index contributed by atoms with van der Waals surface area (Å²) >= 11 is 0. The SMILES string of the molecule is COCCCn1c(C(=O)N2CCCCC2)cc2c(=O)n3ccccc3nc21. The van der Waals surface area contributed by atoms with Crippen molar-refractivity contribution in [2.75, 3.05) is 26.8 Å². The minimum Gasteiger partial charge on any atom is -0.385 e. The average Bonchev–Trinajstić information content (AvgIpc) is 3.07. The molecule has 142 valence electrons. The standard InChI is InChI=1S/C20H24N4O3/c1-27-13-7-12-23-16(20(26)22-9-4-2-5-10-22)14-15-18(23)21-17-8-3-6-11-24(17)19(15)25/h3,6,8,11,14H,2,4-5,7,9-10,12-13H2,1H3. The van der Waals surface area contributed by atoms with Gasteiger partial charge in [-0.05, 0) is 43.9 Å². The summed E-state index contributed by atoms with van der Waals surface area (Å²) in [5, 5.41) is 0.483. The number of amides is 1. The van der Waals surface area contributed by atoms with Crippen molar-refractivity contribution in [2.45, 2.75) is 32.2 Å². The van der Waals surface area contributed by atoms with Crippen molar-refractivity contribution in [1.29, 1.82) is 0 Å². The largest absolute Gasteiger partial charge is 0.385 e. The highest BCUT2D eigenvalue weighted by molar-refractivity contribution is 5.98. The van der Waals surface area contributed by atoms with Crippen LogP contribution in [-0.4, -0.2) is 51.6 Å². The summed E-state index contributed by atoms with van der Waals surface area (Å²) < 4.78 is 8.58. The van der Waals surface area contributed by atoms with Crippen LogP contribution in [0.25, 0.3) is 16.7 Å². The lowest BCUT2D eigenvalue weighted by molar-refractivity contribution is 0.0713. The van der Waals surface area contributed by atoms with Crippen molar-refractivity contribution < 1.29 is 9.53 Å². The van der Waals surface area contributed by atoms with Gasteiger partial charge in [0.1, 0.15) is 17.0 Å². The second-order valence-electron chi connectivity index (χ2n) is 6.96. The number of fused-ring (bicyclic) bond motifs is 2. The number of aryl methyl sites for hydroxylation is 1. The van der Waals surface area contributed by atoms with Crippen LogP contribution in [-0.2, 0) is 11.3 Å². The lowest BCUT2D eigenvalue weighted by Crippen LogP contribution is -2.36. The lowest BCUT2D eigenvalue weighted by atomic mass is 10.1. The molecule has 0 N–H and O–H groups in total. The van der Waals surface area contributed by atoms with Gasteiger partial charge >= 0.3 is 0 Å². The second-order valence-corrected chi connectivity index (χ2v) is 6.96. The van der Waals surface area contributed by atoms with E-state index in [0.717, 1.165) is 38.8 Å². The molecular formula is C20H24N4O3. The van der Waals surface area contributed by atoms with E-state index in [9.17, 15) is 9.59 Å².